The highest BCUT2D eigenvalue weighted by atomic mass is 79.9. The molecule has 1 aliphatic rings. The number of carboxylic acid groups (broad SMARTS) is 1. The van der Waals surface area contributed by atoms with Crippen LogP contribution in [0.4, 0.5) is 0 Å². The number of hydrogen-bond acceptors (Lipinski definition) is 5. The molecule has 0 bridgehead atoms. The third-order valence-electron chi connectivity index (χ3n) is 6.27. The molecule has 1 saturated heterocycles. The minimum Gasteiger partial charge on any atom is -0.506 e. The summed E-state index contributed by atoms with van der Waals surface area (Å²) in [6.07, 6.45) is 0. The minimum atomic E-state index is -1.01. The molecule has 4 rings (SSSR count). The van der Waals surface area contributed by atoms with Gasteiger partial charge in [-0.15, -0.1) is 36.6 Å². The molecule has 12 heteroatoms. The van der Waals surface area contributed by atoms with Crippen LogP contribution in [-0.4, -0.2) is 63.8 Å². The number of aromatic hydroxyl groups is 1. The summed E-state index contributed by atoms with van der Waals surface area (Å²) in [7, 11) is 2.09. The predicted octanol–water partition coefficient (Wildman–Crippen LogP) is 7.02. The molecule has 2 N–H and O–H groups in total. The van der Waals surface area contributed by atoms with Crippen LogP contribution >= 0.6 is 75.7 Å². The van der Waals surface area contributed by atoms with Gasteiger partial charge in [0, 0.05) is 66.6 Å². The van der Waals surface area contributed by atoms with E-state index in [1.54, 1.807) is 18.2 Å². The normalized spacial score (nSPS) is 14.5. The lowest BCUT2D eigenvalue weighted by Crippen LogP contribution is -2.43. The first kappa shape index (κ1) is 31.4. The zero-order valence-electron chi connectivity index (χ0n) is 19.8. The molecule has 0 spiro atoms. The van der Waals surface area contributed by atoms with Crippen molar-refractivity contribution in [1.29, 1.82) is 0 Å². The summed E-state index contributed by atoms with van der Waals surface area (Å²) in [5.41, 5.74) is 2.32. The Morgan fingerprint density at radius 3 is 2.31 bits per heavy atom. The number of aryl methyl sites for hydroxylation is 1. The van der Waals surface area contributed by atoms with Crippen LogP contribution in [0.15, 0.2) is 33.6 Å². The molecule has 0 aliphatic carbocycles. The first-order valence-electron chi connectivity index (χ1n) is 11.0. The Hall–Kier alpha value is -0.840. The number of piperazine rings is 1. The summed E-state index contributed by atoms with van der Waals surface area (Å²) in [6, 6.07) is 7.13. The van der Waals surface area contributed by atoms with Gasteiger partial charge in [-0.3, -0.25) is 4.90 Å². The van der Waals surface area contributed by atoms with Crippen LogP contribution in [0.5, 0.6) is 5.75 Å². The summed E-state index contributed by atoms with van der Waals surface area (Å²) < 4.78 is 2.57. The van der Waals surface area contributed by atoms with Gasteiger partial charge >= 0.3 is 5.97 Å². The average Bonchev–Trinajstić information content (AvgIpc) is 3.10. The largest absolute Gasteiger partial charge is 0.506 e. The second-order valence-electron chi connectivity index (χ2n) is 8.37. The Labute approximate surface area is 245 Å². The van der Waals surface area contributed by atoms with Crippen LogP contribution in [-0.2, 0) is 18.8 Å². The van der Waals surface area contributed by atoms with E-state index in [1.165, 1.54) is 11.8 Å². The molecule has 3 aromatic rings. The molecule has 0 atom stereocenters. The quantitative estimate of drug-likeness (QED) is 0.266. The van der Waals surface area contributed by atoms with Crippen LogP contribution in [0.1, 0.15) is 28.5 Å². The highest BCUT2D eigenvalue weighted by Crippen LogP contribution is 2.42. The van der Waals surface area contributed by atoms with E-state index >= 15 is 0 Å². The second kappa shape index (κ2) is 13.3. The van der Waals surface area contributed by atoms with Gasteiger partial charge in [-0.1, -0.05) is 29.3 Å². The van der Waals surface area contributed by atoms with Crippen molar-refractivity contribution >= 4 is 92.6 Å². The summed E-state index contributed by atoms with van der Waals surface area (Å²) in [5.74, 6) is -0.546. The number of aromatic carboxylic acids is 1. The predicted molar refractivity (Wildman–Crippen MR) is 157 cm³/mol. The lowest BCUT2D eigenvalue weighted by atomic mass is 10.0. The molecule has 0 radical (unpaired) electrons. The Kier molecular flexibility index (Phi) is 11.6. The Morgan fingerprint density at radius 1 is 1.14 bits per heavy atom. The van der Waals surface area contributed by atoms with Crippen LogP contribution in [0.2, 0.25) is 10.0 Å². The molecule has 1 aliphatic heterocycles. The topological polar surface area (TPSA) is 68.9 Å². The van der Waals surface area contributed by atoms with Gasteiger partial charge in [0.25, 0.3) is 0 Å². The van der Waals surface area contributed by atoms with Gasteiger partial charge in [0.1, 0.15) is 5.75 Å². The number of nitrogens with zero attached hydrogens (tertiary/aromatic N) is 3. The van der Waals surface area contributed by atoms with Gasteiger partial charge in [-0.05, 0) is 48.1 Å². The van der Waals surface area contributed by atoms with Crippen molar-refractivity contribution in [1.82, 2.24) is 14.4 Å². The van der Waals surface area contributed by atoms with E-state index in [1.807, 2.05) is 17.6 Å². The first-order chi connectivity index (χ1) is 16.2. The van der Waals surface area contributed by atoms with Crippen LogP contribution in [0, 0.1) is 0 Å². The lowest BCUT2D eigenvalue weighted by molar-refractivity contribution is 0.0697. The molecule has 6 nitrogen and oxygen atoms in total. The van der Waals surface area contributed by atoms with E-state index in [4.69, 9.17) is 23.2 Å². The highest BCUT2D eigenvalue weighted by Gasteiger charge is 2.28. The van der Waals surface area contributed by atoms with Gasteiger partial charge in [0.05, 0.1) is 25.6 Å². The second-order valence-corrected chi connectivity index (χ2v) is 11.0. The Morgan fingerprint density at radius 2 is 1.75 bits per heavy atom. The molecule has 0 saturated carbocycles. The van der Waals surface area contributed by atoms with E-state index in [9.17, 15) is 15.0 Å². The van der Waals surface area contributed by atoms with Crippen molar-refractivity contribution in [3.05, 3.63) is 55.6 Å². The van der Waals surface area contributed by atoms with E-state index in [0.717, 1.165) is 36.6 Å². The maximum absolute atomic E-state index is 12.6. The number of phenols is 1. The number of thioether (sulfide) groups is 1. The molecule has 36 heavy (non-hydrogen) atoms. The van der Waals surface area contributed by atoms with E-state index in [-0.39, 0.29) is 36.1 Å². The standard InChI is InChI=1S/C24H26BrCl2N3O3S.2ClH/c1-3-30-18-11-15(25)22(31)14(12-29-9-7-28(2)8-10-29)20(18)21(24(32)33)19(30)13-34-23-16(26)5-4-6-17(23)27;;/h4-6,11,31H,3,7-10,12-13H2,1-2H3,(H,32,33);2*1H. The number of likely N-dealkylation sites (N-methyl/N-ethyl adjacent to an activating group) is 1. The number of carbonyl (C=O) groups is 1. The number of phenolic OH excluding ortho intramolecular Hbond substituents is 1. The number of rotatable bonds is 7. The van der Waals surface area contributed by atoms with Crippen LogP contribution < -0.4 is 0 Å². The minimum absolute atomic E-state index is 0. The summed E-state index contributed by atoms with van der Waals surface area (Å²) in [4.78, 5) is 17.8. The van der Waals surface area contributed by atoms with Crippen molar-refractivity contribution in [3.8, 4) is 5.75 Å². The zero-order chi connectivity index (χ0) is 24.6. The number of benzene rings is 2. The van der Waals surface area contributed by atoms with Gasteiger partial charge < -0.3 is 19.7 Å². The number of carboxylic acids is 1. The number of hydrogen-bond donors (Lipinski definition) is 2. The smallest absolute Gasteiger partial charge is 0.338 e. The van der Waals surface area contributed by atoms with Crippen molar-refractivity contribution in [2.45, 2.75) is 30.7 Å². The Bertz CT molecular complexity index is 1230. The van der Waals surface area contributed by atoms with Crippen molar-refractivity contribution in [3.63, 3.8) is 0 Å². The molecular formula is C24H28BrCl4N3O3S. The number of halogens is 5. The fourth-order valence-corrected chi connectivity index (χ4v) is 6.65. The number of aromatic nitrogens is 1. The first-order valence-corrected chi connectivity index (χ1v) is 13.5. The number of fused-ring (bicyclic) bond motifs is 1. The van der Waals surface area contributed by atoms with Gasteiger partial charge in [0.15, 0.2) is 0 Å². The molecule has 2 aromatic carbocycles. The Balaban J connectivity index is 0.00000228. The fraction of sp³-hybridized carbons (Fsp3) is 0.375. The summed E-state index contributed by atoms with van der Waals surface area (Å²) >= 11 is 17.6. The third kappa shape index (κ3) is 6.24. The molecule has 0 unspecified atom stereocenters. The molecule has 1 fully saturated rings. The zero-order valence-corrected chi connectivity index (χ0v) is 25.3. The summed E-state index contributed by atoms with van der Waals surface area (Å²) in [6.45, 7) is 6.62. The fourth-order valence-electron chi connectivity index (χ4n) is 4.48. The van der Waals surface area contributed by atoms with E-state index in [0.29, 0.717) is 50.0 Å². The van der Waals surface area contributed by atoms with Crippen LogP contribution in [0.25, 0.3) is 10.9 Å². The van der Waals surface area contributed by atoms with Crippen molar-refractivity contribution in [2.24, 2.45) is 0 Å². The van der Waals surface area contributed by atoms with Crippen molar-refractivity contribution in [2.75, 3.05) is 33.2 Å². The monoisotopic (exact) mass is 657 g/mol. The third-order valence-corrected chi connectivity index (χ3v) is 8.87. The van der Waals surface area contributed by atoms with Crippen LogP contribution in [0.3, 0.4) is 0 Å². The van der Waals surface area contributed by atoms with Gasteiger partial charge in [0.2, 0.25) is 0 Å². The SMILES string of the molecule is CCn1c(CSc2c(Cl)cccc2Cl)c(C(=O)O)c2c(CN3CCN(C)CC3)c(O)c(Br)cc21.Cl.Cl. The molecule has 1 aromatic heterocycles. The maximum Gasteiger partial charge on any atom is 0.338 e. The molecule has 198 valence electrons. The molecular weight excluding hydrogens is 632 g/mol. The maximum atomic E-state index is 12.6. The molecule has 2 heterocycles. The highest BCUT2D eigenvalue weighted by molar-refractivity contribution is 9.10. The van der Waals surface area contributed by atoms with E-state index in [2.05, 4.69) is 32.8 Å². The van der Waals surface area contributed by atoms with E-state index < -0.39 is 5.97 Å². The van der Waals surface area contributed by atoms with Gasteiger partial charge in [-0.2, -0.15) is 0 Å². The van der Waals surface area contributed by atoms with Gasteiger partial charge in [-0.25, -0.2) is 4.79 Å². The summed E-state index contributed by atoms with van der Waals surface area (Å²) in [5, 5.41) is 23.0. The molecule has 0 amide bonds. The lowest BCUT2D eigenvalue weighted by Gasteiger charge is -2.32. The average molecular weight is 660 g/mol. The van der Waals surface area contributed by atoms with Crippen molar-refractivity contribution < 1.29 is 15.0 Å².